The molecule has 25 heavy (non-hydrogen) atoms. The highest BCUT2D eigenvalue weighted by atomic mass is 19.1. The second-order valence-electron chi connectivity index (χ2n) is 5.87. The molecule has 2 aromatic carbocycles. The molecule has 5 nitrogen and oxygen atoms in total. The van der Waals surface area contributed by atoms with E-state index in [2.05, 4.69) is 15.6 Å². The molecule has 0 fully saturated rings. The number of pyridine rings is 1. The summed E-state index contributed by atoms with van der Waals surface area (Å²) in [6.07, 6.45) is 4.02. The van der Waals surface area contributed by atoms with Gasteiger partial charge in [-0.3, -0.25) is 4.98 Å². The van der Waals surface area contributed by atoms with Crippen molar-refractivity contribution in [3.63, 3.8) is 0 Å². The molecule has 0 saturated heterocycles. The van der Waals surface area contributed by atoms with Crippen molar-refractivity contribution in [1.82, 2.24) is 10.3 Å². The zero-order valence-corrected chi connectivity index (χ0v) is 13.3. The number of anilines is 1. The van der Waals surface area contributed by atoms with Crippen LogP contribution in [0.25, 0.3) is 10.8 Å². The van der Waals surface area contributed by atoms with Gasteiger partial charge in [-0.15, -0.1) is 0 Å². The average Bonchev–Trinajstić information content (AvgIpc) is 2.62. The van der Waals surface area contributed by atoms with Crippen LogP contribution in [0.1, 0.15) is 18.0 Å². The van der Waals surface area contributed by atoms with E-state index in [4.69, 9.17) is 4.74 Å². The molecule has 1 unspecified atom stereocenters. The smallest absolute Gasteiger partial charge is 0.319 e. The van der Waals surface area contributed by atoms with E-state index in [0.717, 1.165) is 10.8 Å². The van der Waals surface area contributed by atoms with Crippen LogP contribution >= 0.6 is 0 Å². The van der Waals surface area contributed by atoms with E-state index < -0.39 is 0 Å². The highest BCUT2D eigenvalue weighted by Gasteiger charge is 2.23. The lowest BCUT2D eigenvalue weighted by atomic mass is 10.0. The molecule has 2 N–H and O–H groups in total. The molecule has 0 spiro atoms. The van der Waals surface area contributed by atoms with E-state index in [1.165, 1.54) is 12.1 Å². The van der Waals surface area contributed by atoms with Crippen molar-refractivity contribution in [2.75, 3.05) is 11.9 Å². The fourth-order valence-electron chi connectivity index (χ4n) is 3.06. The van der Waals surface area contributed by atoms with Gasteiger partial charge in [0.25, 0.3) is 0 Å². The summed E-state index contributed by atoms with van der Waals surface area (Å²) in [5.74, 6) is 0.257. The predicted molar refractivity (Wildman–Crippen MR) is 93.2 cm³/mol. The first-order chi connectivity index (χ1) is 12.2. The van der Waals surface area contributed by atoms with Crippen molar-refractivity contribution >= 4 is 22.5 Å². The Balaban J connectivity index is 1.54. The van der Waals surface area contributed by atoms with Gasteiger partial charge in [-0.1, -0.05) is 12.1 Å². The van der Waals surface area contributed by atoms with Gasteiger partial charge >= 0.3 is 6.03 Å². The van der Waals surface area contributed by atoms with Crippen LogP contribution in [0, 0.1) is 5.82 Å². The van der Waals surface area contributed by atoms with Crippen LogP contribution in [0.3, 0.4) is 0 Å². The molecule has 3 aromatic rings. The van der Waals surface area contributed by atoms with Gasteiger partial charge in [-0.05, 0) is 30.3 Å². The normalized spacial score (nSPS) is 16.0. The first-order valence-corrected chi connectivity index (χ1v) is 8.03. The molecular formula is C19H16FN3O2. The van der Waals surface area contributed by atoms with Crippen LogP contribution in [0.5, 0.6) is 5.75 Å². The van der Waals surface area contributed by atoms with Gasteiger partial charge in [0.15, 0.2) is 0 Å². The minimum Gasteiger partial charge on any atom is -0.493 e. The monoisotopic (exact) mass is 337 g/mol. The molecule has 0 radical (unpaired) electrons. The molecule has 126 valence electrons. The lowest BCUT2D eigenvalue weighted by Gasteiger charge is -2.26. The Hall–Kier alpha value is -3.15. The number of nitrogens with one attached hydrogen (secondary N) is 2. The molecule has 2 amide bonds. The summed E-state index contributed by atoms with van der Waals surface area (Å²) in [7, 11) is 0. The van der Waals surface area contributed by atoms with Gasteiger partial charge < -0.3 is 15.4 Å². The number of carbonyl (C=O) groups is 1. The Kier molecular flexibility index (Phi) is 3.93. The van der Waals surface area contributed by atoms with Gasteiger partial charge in [-0.2, -0.15) is 0 Å². The summed E-state index contributed by atoms with van der Waals surface area (Å²) in [6, 6.07) is 11.2. The Morgan fingerprint density at radius 1 is 1.24 bits per heavy atom. The maximum absolute atomic E-state index is 13.5. The molecule has 0 aliphatic carbocycles. The zero-order chi connectivity index (χ0) is 17.2. The zero-order valence-electron chi connectivity index (χ0n) is 13.3. The summed E-state index contributed by atoms with van der Waals surface area (Å²) in [5, 5.41) is 7.62. The number of ether oxygens (including phenoxy) is 1. The number of fused-ring (bicyclic) bond motifs is 2. The molecular weight excluding hydrogens is 321 g/mol. The number of amides is 2. The third-order valence-corrected chi connectivity index (χ3v) is 4.25. The minimum atomic E-state index is -0.349. The molecule has 4 rings (SSSR count). The van der Waals surface area contributed by atoms with E-state index >= 15 is 0 Å². The van der Waals surface area contributed by atoms with Crippen LogP contribution < -0.4 is 15.4 Å². The first-order valence-electron chi connectivity index (χ1n) is 8.03. The third-order valence-electron chi connectivity index (χ3n) is 4.25. The molecule has 1 aromatic heterocycles. The standard InChI is InChI=1S/C19H16FN3O2/c20-13-4-5-18-15(10-13)17(7-9-25-18)23-19(24)22-16-3-1-2-12-11-21-8-6-14(12)16/h1-6,8,10-11,17H,7,9H2,(H2,22,23,24). The number of urea groups is 1. The van der Waals surface area contributed by atoms with E-state index in [1.807, 2.05) is 24.3 Å². The van der Waals surface area contributed by atoms with Crippen LogP contribution in [0.2, 0.25) is 0 Å². The number of nitrogens with zero attached hydrogens (tertiary/aromatic N) is 1. The third kappa shape index (κ3) is 3.10. The van der Waals surface area contributed by atoms with Gasteiger partial charge in [0.1, 0.15) is 11.6 Å². The summed E-state index contributed by atoms with van der Waals surface area (Å²) in [6.45, 7) is 0.476. The van der Waals surface area contributed by atoms with Crippen molar-refractivity contribution in [3.8, 4) is 5.75 Å². The van der Waals surface area contributed by atoms with E-state index in [0.29, 0.717) is 30.0 Å². The molecule has 1 aliphatic rings. The Bertz CT molecular complexity index is 940. The van der Waals surface area contributed by atoms with E-state index in [-0.39, 0.29) is 17.9 Å². The molecule has 0 bridgehead atoms. The number of aromatic nitrogens is 1. The van der Waals surface area contributed by atoms with E-state index in [1.54, 1.807) is 18.5 Å². The Morgan fingerprint density at radius 2 is 2.16 bits per heavy atom. The largest absolute Gasteiger partial charge is 0.493 e. The molecule has 1 aliphatic heterocycles. The second-order valence-corrected chi connectivity index (χ2v) is 5.87. The Labute approximate surface area is 143 Å². The molecule has 6 heteroatoms. The van der Waals surface area contributed by atoms with Crippen molar-refractivity contribution in [3.05, 3.63) is 66.2 Å². The van der Waals surface area contributed by atoms with E-state index in [9.17, 15) is 9.18 Å². The maximum Gasteiger partial charge on any atom is 0.319 e. The number of rotatable bonds is 2. The first kappa shape index (κ1) is 15.4. The number of halogens is 1. The number of carbonyl (C=O) groups excluding carboxylic acids is 1. The number of hydrogen-bond acceptors (Lipinski definition) is 3. The minimum absolute atomic E-state index is 0.295. The van der Waals surface area contributed by atoms with Gasteiger partial charge in [-0.25, -0.2) is 9.18 Å². The summed E-state index contributed by atoms with van der Waals surface area (Å²) < 4.78 is 19.1. The lowest BCUT2D eigenvalue weighted by Crippen LogP contribution is -2.35. The summed E-state index contributed by atoms with van der Waals surface area (Å²) >= 11 is 0. The topological polar surface area (TPSA) is 63.2 Å². The van der Waals surface area contributed by atoms with Crippen LogP contribution in [-0.2, 0) is 0 Å². The lowest BCUT2D eigenvalue weighted by molar-refractivity contribution is 0.232. The van der Waals surface area contributed by atoms with Crippen LogP contribution in [0.15, 0.2) is 54.9 Å². The molecule has 1 atom stereocenters. The van der Waals surface area contributed by atoms with Crippen LogP contribution in [-0.4, -0.2) is 17.6 Å². The maximum atomic E-state index is 13.5. The van der Waals surface area contributed by atoms with Crippen molar-refractivity contribution in [2.24, 2.45) is 0 Å². The Morgan fingerprint density at radius 3 is 3.08 bits per heavy atom. The number of benzene rings is 2. The van der Waals surface area contributed by atoms with Gasteiger partial charge in [0, 0.05) is 35.2 Å². The van der Waals surface area contributed by atoms with Crippen molar-refractivity contribution < 1.29 is 13.9 Å². The number of hydrogen-bond donors (Lipinski definition) is 2. The molecule has 2 heterocycles. The van der Waals surface area contributed by atoms with Crippen molar-refractivity contribution in [2.45, 2.75) is 12.5 Å². The quantitative estimate of drug-likeness (QED) is 0.742. The van der Waals surface area contributed by atoms with Gasteiger partial charge in [0.2, 0.25) is 0 Å². The predicted octanol–water partition coefficient (Wildman–Crippen LogP) is 4.02. The van der Waals surface area contributed by atoms with Crippen LogP contribution in [0.4, 0.5) is 14.9 Å². The summed E-state index contributed by atoms with van der Waals surface area (Å²) in [4.78, 5) is 16.5. The fraction of sp³-hybridized carbons (Fsp3) is 0.158. The fourth-order valence-corrected chi connectivity index (χ4v) is 3.06. The highest BCUT2D eigenvalue weighted by Crippen LogP contribution is 2.32. The van der Waals surface area contributed by atoms with Gasteiger partial charge in [0.05, 0.1) is 18.3 Å². The van der Waals surface area contributed by atoms with Crippen molar-refractivity contribution in [1.29, 1.82) is 0 Å². The summed E-state index contributed by atoms with van der Waals surface area (Å²) in [5.41, 5.74) is 1.35. The highest BCUT2D eigenvalue weighted by molar-refractivity contribution is 6.01. The molecule has 0 saturated carbocycles. The SMILES string of the molecule is O=C(Nc1cccc2cnccc12)NC1CCOc2ccc(F)cc21. The average molecular weight is 337 g/mol. The second kappa shape index (κ2) is 6.39.